The van der Waals surface area contributed by atoms with Gasteiger partial charge in [-0.1, -0.05) is 54.6 Å². The van der Waals surface area contributed by atoms with E-state index in [1.807, 2.05) is 54.6 Å². The smallest absolute Gasteiger partial charge is 0.265 e. The Balaban J connectivity index is 1.61. The minimum atomic E-state index is -0.533. The van der Waals surface area contributed by atoms with E-state index in [9.17, 15) is 14.7 Å². The number of para-hydroxylation sites is 1. The molecule has 6 nitrogen and oxygen atoms in total. The van der Waals surface area contributed by atoms with Crippen molar-refractivity contribution < 1.29 is 9.90 Å². The number of rotatable bonds is 7. The summed E-state index contributed by atoms with van der Waals surface area (Å²) in [5, 5.41) is 14.5. The van der Waals surface area contributed by atoms with Crippen molar-refractivity contribution in [3.05, 3.63) is 112 Å². The molecule has 33 heavy (non-hydrogen) atoms. The Morgan fingerprint density at radius 3 is 2.55 bits per heavy atom. The highest BCUT2D eigenvalue weighted by Crippen LogP contribution is 2.27. The molecular weight excluding hydrogens is 414 g/mol. The molecule has 1 atom stereocenters. The summed E-state index contributed by atoms with van der Waals surface area (Å²) in [5.74, 6) is -0.824. The molecule has 6 heteroatoms. The first-order valence-corrected chi connectivity index (χ1v) is 10.6. The molecule has 0 spiro atoms. The summed E-state index contributed by atoms with van der Waals surface area (Å²) < 4.78 is 1.38. The molecule has 4 rings (SSSR count). The fourth-order valence-electron chi connectivity index (χ4n) is 3.89. The Bertz CT molecular complexity index is 1390. The van der Waals surface area contributed by atoms with Crippen LogP contribution in [0.2, 0.25) is 0 Å². The number of carbonyl (C=O) groups excluding carboxylic acids is 1. The number of nitrogens with one attached hydrogen (secondary N) is 1. The second kappa shape index (κ2) is 9.44. The minimum Gasteiger partial charge on any atom is -0.506 e. The van der Waals surface area contributed by atoms with Crippen LogP contribution in [-0.2, 0) is 7.05 Å². The van der Waals surface area contributed by atoms with Crippen molar-refractivity contribution in [3.63, 3.8) is 0 Å². The van der Waals surface area contributed by atoms with Gasteiger partial charge < -0.3 is 20.7 Å². The predicted octanol–water partition coefficient (Wildman–Crippen LogP) is 4.81. The molecule has 0 saturated carbocycles. The van der Waals surface area contributed by atoms with Gasteiger partial charge in [0.05, 0.1) is 11.6 Å². The van der Waals surface area contributed by atoms with Gasteiger partial charge in [0.1, 0.15) is 11.3 Å². The van der Waals surface area contributed by atoms with Gasteiger partial charge in [-0.2, -0.15) is 0 Å². The van der Waals surface area contributed by atoms with E-state index in [1.54, 1.807) is 37.4 Å². The van der Waals surface area contributed by atoms with Gasteiger partial charge in [-0.25, -0.2) is 0 Å². The average molecular weight is 440 g/mol. The number of anilines is 2. The van der Waals surface area contributed by atoms with Gasteiger partial charge in [-0.15, -0.1) is 0 Å². The van der Waals surface area contributed by atoms with E-state index in [2.05, 4.69) is 5.32 Å². The van der Waals surface area contributed by atoms with E-state index in [0.717, 1.165) is 11.3 Å². The van der Waals surface area contributed by atoms with Crippen LogP contribution in [0.5, 0.6) is 5.75 Å². The maximum atomic E-state index is 12.9. The van der Waals surface area contributed by atoms with Gasteiger partial charge in [-0.3, -0.25) is 9.59 Å². The third kappa shape index (κ3) is 4.65. The number of hydrogen-bond acceptors (Lipinski definition) is 5. The molecule has 0 aliphatic heterocycles. The third-order valence-corrected chi connectivity index (χ3v) is 5.59. The summed E-state index contributed by atoms with van der Waals surface area (Å²) in [7, 11) is 1.59. The summed E-state index contributed by atoms with van der Waals surface area (Å²) in [5.41, 5.74) is 8.27. The first-order chi connectivity index (χ1) is 16.0. The molecule has 0 amide bonds. The highest BCUT2D eigenvalue weighted by Gasteiger charge is 2.19. The number of benzene rings is 3. The van der Waals surface area contributed by atoms with Crippen LogP contribution < -0.4 is 16.6 Å². The summed E-state index contributed by atoms with van der Waals surface area (Å²) in [6.07, 6.45) is 3.55. The van der Waals surface area contributed by atoms with Crippen LogP contribution in [-0.4, -0.2) is 15.5 Å². The molecule has 0 fully saturated rings. The maximum Gasteiger partial charge on any atom is 0.265 e. The molecule has 166 valence electrons. The number of aromatic nitrogens is 1. The minimum absolute atomic E-state index is 0.120. The van der Waals surface area contributed by atoms with Crippen LogP contribution in [0.25, 0.3) is 10.9 Å². The van der Waals surface area contributed by atoms with Crippen LogP contribution >= 0.6 is 0 Å². The Kier molecular flexibility index (Phi) is 6.26. The first kappa shape index (κ1) is 21.9. The molecule has 0 aliphatic carbocycles. The lowest BCUT2D eigenvalue weighted by molar-refractivity contribution is 0.104. The van der Waals surface area contributed by atoms with Gasteiger partial charge in [0.2, 0.25) is 0 Å². The molecule has 0 radical (unpaired) electrons. The topological polar surface area (TPSA) is 97.4 Å². The van der Waals surface area contributed by atoms with Crippen molar-refractivity contribution in [2.75, 3.05) is 11.1 Å². The zero-order chi connectivity index (χ0) is 23.4. The van der Waals surface area contributed by atoms with Gasteiger partial charge >= 0.3 is 0 Å². The average Bonchev–Trinajstić information content (AvgIpc) is 2.83. The number of nitrogen functional groups attached to an aromatic ring is 1. The van der Waals surface area contributed by atoms with Crippen LogP contribution in [0.3, 0.4) is 0 Å². The fraction of sp³-hybridized carbons (Fsp3) is 0.111. The van der Waals surface area contributed by atoms with Crippen molar-refractivity contribution >= 4 is 28.1 Å². The molecule has 0 bridgehead atoms. The summed E-state index contributed by atoms with van der Waals surface area (Å²) in [6, 6.07) is 24.2. The largest absolute Gasteiger partial charge is 0.506 e. The predicted molar refractivity (Wildman–Crippen MR) is 133 cm³/mol. The molecular formula is C27H25N3O3. The van der Waals surface area contributed by atoms with Crippen molar-refractivity contribution in [2.24, 2.45) is 7.05 Å². The maximum absolute atomic E-state index is 12.9. The Morgan fingerprint density at radius 1 is 1.06 bits per heavy atom. The number of allylic oxidation sites excluding steroid dienone is 1. The lowest BCUT2D eigenvalue weighted by Gasteiger charge is -2.19. The van der Waals surface area contributed by atoms with E-state index in [-0.39, 0.29) is 17.4 Å². The molecule has 1 aromatic heterocycles. The summed E-state index contributed by atoms with van der Waals surface area (Å²) >= 11 is 0. The van der Waals surface area contributed by atoms with Crippen molar-refractivity contribution in [1.82, 2.24) is 4.57 Å². The molecule has 1 heterocycles. The Hall–Kier alpha value is -4.32. The number of hydrogen-bond donors (Lipinski definition) is 3. The van der Waals surface area contributed by atoms with Crippen molar-refractivity contribution in [3.8, 4) is 5.75 Å². The zero-order valence-electron chi connectivity index (χ0n) is 18.2. The molecule has 0 unspecified atom stereocenters. The normalized spacial score (nSPS) is 12.2. The third-order valence-electron chi connectivity index (χ3n) is 5.59. The summed E-state index contributed by atoms with van der Waals surface area (Å²) in [6.45, 7) is 0. The Labute approximate surface area is 191 Å². The number of aryl methyl sites for hydroxylation is 1. The number of aromatic hydroxyl groups is 1. The van der Waals surface area contributed by atoms with E-state index >= 15 is 0 Å². The van der Waals surface area contributed by atoms with Crippen LogP contribution in [0.1, 0.15) is 28.4 Å². The number of nitrogens with zero attached hydrogens (tertiary/aromatic N) is 1. The molecule has 3 aromatic carbocycles. The number of nitrogens with two attached hydrogens (primary N) is 1. The van der Waals surface area contributed by atoms with Crippen molar-refractivity contribution in [1.29, 1.82) is 0 Å². The number of ketones is 1. The molecule has 4 N–H and O–H groups in total. The first-order valence-electron chi connectivity index (χ1n) is 10.6. The second-order valence-corrected chi connectivity index (χ2v) is 7.84. The van der Waals surface area contributed by atoms with Gasteiger partial charge in [0.15, 0.2) is 5.78 Å². The van der Waals surface area contributed by atoms with Crippen molar-refractivity contribution in [2.45, 2.75) is 12.5 Å². The lowest BCUT2D eigenvalue weighted by Crippen LogP contribution is -2.24. The molecule has 4 aromatic rings. The monoisotopic (exact) mass is 439 g/mol. The SMILES string of the molecule is Cn1c(=O)c(C(=O)C=CC[C@H](Nc2cccc(N)c2)c2ccccc2)c(O)c2ccccc21. The zero-order valence-corrected chi connectivity index (χ0v) is 18.2. The van der Waals surface area contributed by atoms with Crippen LogP contribution in [0.4, 0.5) is 11.4 Å². The van der Waals surface area contributed by atoms with E-state index in [0.29, 0.717) is 23.0 Å². The fourth-order valence-corrected chi connectivity index (χ4v) is 3.89. The number of pyridine rings is 1. The highest BCUT2D eigenvalue weighted by atomic mass is 16.3. The second-order valence-electron chi connectivity index (χ2n) is 7.84. The summed E-state index contributed by atoms with van der Waals surface area (Å²) in [4.78, 5) is 25.7. The van der Waals surface area contributed by atoms with Crippen LogP contribution in [0, 0.1) is 0 Å². The van der Waals surface area contributed by atoms with Gasteiger partial charge in [-0.05, 0) is 48.4 Å². The van der Waals surface area contributed by atoms with Gasteiger partial charge in [0.25, 0.3) is 5.56 Å². The van der Waals surface area contributed by atoms with Crippen LogP contribution in [0.15, 0.2) is 95.8 Å². The number of carbonyl (C=O) groups is 1. The Morgan fingerprint density at radius 2 is 1.79 bits per heavy atom. The molecule has 0 aliphatic rings. The van der Waals surface area contributed by atoms with Gasteiger partial charge in [0, 0.05) is 23.8 Å². The quantitative estimate of drug-likeness (QED) is 0.218. The lowest BCUT2D eigenvalue weighted by atomic mass is 10.0. The standard InChI is InChI=1S/C27H25N3O3/c1-30-23-15-6-5-13-21(23)26(32)25(27(30)33)24(31)16-8-14-22(18-9-3-2-4-10-18)29-20-12-7-11-19(28)17-20/h2-13,15-17,22,29,32H,14,28H2,1H3/t22-/m0/s1. The molecule has 0 saturated heterocycles. The highest BCUT2D eigenvalue weighted by molar-refractivity contribution is 6.09. The van der Waals surface area contributed by atoms with E-state index in [1.165, 1.54) is 10.6 Å². The van der Waals surface area contributed by atoms with E-state index < -0.39 is 11.3 Å². The number of fused-ring (bicyclic) bond motifs is 1. The van der Waals surface area contributed by atoms with E-state index in [4.69, 9.17) is 5.73 Å².